The molecular formula is C18H18F3N3O5S. The summed E-state index contributed by atoms with van der Waals surface area (Å²) in [6, 6.07) is 9.67. The van der Waals surface area contributed by atoms with Crippen molar-refractivity contribution in [3.05, 3.63) is 52.6 Å². The minimum Gasteiger partial charge on any atom is -0.497 e. The summed E-state index contributed by atoms with van der Waals surface area (Å²) in [6.45, 7) is 1.74. The molecule has 0 spiro atoms. The van der Waals surface area contributed by atoms with Crippen molar-refractivity contribution in [1.82, 2.24) is 0 Å². The number of hydrogen-bond donors (Lipinski definition) is 0. The maximum atomic E-state index is 12.8. The summed E-state index contributed by atoms with van der Waals surface area (Å²) in [7, 11) is -4.12. The van der Waals surface area contributed by atoms with Gasteiger partial charge in [0.15, 0.2) is 0 Å². The maximum absolute atomic E-state index is 12.8. The van der Waals surface area contributed by atoms with E-state index in [0.717, 1.165) is 17.8 Å². The maximum Gasteiger partial charge on any atom is 0.501 e. The number of rotatable bonds is 5. The first-order valence-electron chi connectivity index (χ1n) is 8.78. The summed E-state index contributed by atoms with van der Waals surface area (Å²) >= 11 is 0. The van der Waals surface area contributed by atoms with E-state index >= 15 is 0 Å². The van der Waals surface area contributed by atoms with E-state index in [2.05, 4.69) is 0 Å². The quantitative estimate of drug-likeness (QED) is 0.515. The number of methoxy groups -OCH3 is 1. The molecule has 8 nitrogen and oxygen atoms in total. The lowest BCUT2D eigenvalue weighted by atomic mass is 10.2. The molecule has 162 valence electrons. The third-order valence-corrected chi connectivity index (χ3v) is 6.28. The van der Waals surface area contributed by atoms with E-state index in [4.69, 9.17) is 4.74 Å². The van der Waals surface area contributed by atoms with E-state index in [-0.39, 0.29) is 5.69 Å². The van der Waals surface area contributed by atoms with Gasteiger partial charge in [0.25, 0.3) is 15.5 Å². The second kappa shape index (κ2) is 8.01. The predicted octanol–water partition coefficient (Wildman–Crippen LogP) is 3.22. The first-order chi connectivity index (χ1) is 14.0. The zero-order valence-electron chi connectivity index (χ0n) is 15.8. The van der Waals surface area contributed by atoms with Crippen molar-refractivity contribution in [2.45, 2.75) is 10.4 Å². The van der Waals surface area contributed by atoms with Crippen molar-refractivity contribution in [3.8, 4) is 5.75 Å². The summed E-state index contributed by atoms with van der Waals surface area (Å²) in [6.07, 6.45) is 0. The SMILES string of the molecule is COc1cccc(N2CCN(c3ccc(S(=O)(=O)C(F)(F)F)cc3[N+](=O)[O-])CC2)c1. The molecule has 0 amide bonds. The van der Waals surface area contributed by atoms with Crippen LogP contribution in [0.1, 0.15) is 0 Å². The number of benzene rings is 2. The van der Waals surface area contributed by atoms with Crippen molar-refractivity contribution in [3.63, 3.8) is 0 Å². The van der Waals surface area contributed by atoms with Crippen LogP contribution in [0.2, 0.25) is 0 Å². The van der Waals surface area contributed by atoms with Crippen LogP contribution < -0.4 is 14.5 Å². The van der Waals surface area contributed by atoms with E-state index in [1.165, 1.54) is 0 Å². The van der Waals surface area contributed by atoms with Gasteiger partial charge in [-0.1, -0.05) is 6.07 Å². The Morgan fingerprint density at radius 3 is 2.23 bits per heavy atom. The lowest BCUT2D eigenvalue weighted by Gasteiger charge is -2.37. The number of sulfone groups is 1. The van der Waals surface area contributed by atoms with Crippen LogP contribution in [-0.4, -0.2) is 52.1 Å². The highest BCUT2D eigenvalue weighted by Crippen LogP contribution is 2.36. The molecule has 2 aromatic rings. The van der Waals surface area contributed by atoms with Crippen molar-refractivity contribution in [2.24, 2.45) is 0 Å². The average Bonchev–Trinajstić information content (AvgIpc) is 2.72. The van der Waals surface area contributed by atoms with Crippen LogP contribution in [0.25, 0.3) is 0 Å². The molecule has 1 heterocycles. The molecule has 0 saturated carbocycles. The number of alkyl halides is 3. The Morgan fingerprint density at radius 2 is 1.67 bits per heavy atom. The highest BCUT2D eigenvalue weighted by atomic mass is 32.2. The predicted molar refractivity (Wildman–Crippen MR) is 104 cm³/mol. The molecule has 1 fully saturated rings. The molecule has 1 aliphatic rings. The molecule has 0 atom stereocenters. The first-order valence-corrected chi connectivity index (χ1v) is 10.3. The lowest BCUT2D eigenvalue weighted by molar-refractivity contribution is -0.384. The zero-order chi connectivity index (χ0) is 22.1. The molecule has 0 bridgehead atoms. The molecule has 30 heavy (non-hydrogen) atoms. The summed E-state index contributed by atoms with van der Waals surface area (Å²) in [4.78, 5) is 13.1. The minimum atomic E-state index is -5.67. The van der Waals surface area contributed by atoms with Crippen LogP contribution in [0, 0.1) is 10.1 Å². The lowest BCUT2D eigenvalue weighted by Crippen LogP contribution is -2.46. The van der Waals surface area contributed by atoms with Gasteiger partial charge in [-0.05, 0) is 24.3 Å². The summed E-state index contributed by atoms with van der Waals surface area (Å²) in [5, 5.41) is 11.4. The van der Waals surface area contributed by atoms with Gasteiger partial charge in [0.2, 0.25) is 0 Å². The Kier molecular flexibility index (Phi) is 5.79. The van der Waals surface area contributed by atoms with E-state index in [1.807, 2.05) is 23.1 Å². The molecule has 3 rings (SSSR count). The summed E-state index contributed by atoms with van der Waals surface area (Å²) in [5.41, 5.74) is -5.23. The van der Waals surface area contributed by atoms with Gasteiger partial charge in [-0.2, -0.15) is 13.2 Å². The molecule has 0 unspecified atom stereocenters. The largest absolute Gasteiger partial charge is 0.501 e. The monoisotopic (exact) mass is 445 g/mol. The Morgan fingerprint density at radius 1 is 1.03 bits per heavy atom. The molecule has 1 saturated heterocycles. The van der Waals surface area contributed by atoms with Gasteiger partial charge < -0.3 is 14.5 Å². The third-order valence-electron chi connectivity index (χ3n) is 4.80. The van der Waals surface area contributed by atoms with Crippen LogP contribution in [0.4, 0.5) is 30.2 Å². The molecule has 0 aromatic heterocycles. The molecular weight excluding hydrogens is 427 g/mol. The van der Waals surface area contributed by atoms with Gasteiger partial charge in [0.05, 0.1) is 16.9 Å². The summed E-state index contributed by atoms with van der Waals surface area (Å²) in [5.74, 6) is 0.687. The average molecular weight is 445 g/mol. The number of nitro benzene ring substituents is 1. The molecule has 2 aromatic carbocycles. The molecule has 0 N–H and O–H groups in total. The van der Waals surface area contributed by atoms with E-state index in [1.54, 1.807) is 18.1 Å². The van der Waals surface area contributed by atoms with Crippen molar-refractivity contribution < 1.29 is 31.2 Å². The van der Waals surface area contributed by atoms with Crippen LogP contribution in [-0.2, 0) is 9.84 Å². The van der Waals surface area contributed by atoms with Crippen molar-refractivity contribution in [2.75, 3.05) is 43.1 Å². The van der Waals surface area contributed by atoms with Crippen molar-refractivity contribution >= 4 is 26.9 Å². The smallest absolute Gasteiger partial charge is 0.497 e. The second-order valence-electron chi connectivity index (χ2n) is 6.53. The van der Waals surface area contributed by atoms with E-state index in [0.29, 0.717) is 38.0 Å². The Labute approximate surface area is 170 Å². The number of hydrogen-bond acceptors (Lipinski definition) is 7. The fraction of sp³-hybridized carbons (Fsp3) is 0.333. The normalized spacial score (nSPS) is 15.2. The summed E-state index contributed by atoms with van der Waals surface area (Å²) < 4.78 is 66.7. The van der Waals surface area contributed by atoms with Crippen LogP contribution in [0.5, 0.6) is 5.75 Å². The molecule has 0 radical (unpaired) electrons. The van der Waals surface area contributed by atoms with E-state index < -0.39 is 30.9 Å². The highest BCUT2D eigenvalue weighted by Gasteiger charge is 2.47. The van der Waals surface area contributed by atoms with Gasteiger partial charge in [-0.25, -0.2) is 8.42 Å². The Balaban J connectivity index is 1.84. The Hall–Kier alpha value is -3.02. The van der Waals surface area contributed by atoms with Crippen LogP contribution in [0.3, 0.4) is 0 Å². The number of nitro groups is 1. The number of piperazine rings is 1. The van der Waals surface area contributed by atoms with E-state index in [9.17, 15) is 31.7 Å². The minimum absolute atomic E-state index is 0.0754. The number of ether oxygens (including phenoxy) is 1. The highest BCUT2D eigenvalue weighted by molar-refractivity contribution is 7.92. The number of nitrogens with zero attached hydrogens (tertiary/aromatic N) is 3. The second-order valence-corrected chi connectivity index (χ2v) is 8.47. The van der Waals surface area contributed by atoms with Gasteiger partial charge in [-0.15, -0.1) is 0 Å². The van der Waals surface area contributed by atoms with Crippen LogP contribution >= 0.6 is 0 Å². The molecule has 12 heteroatoms. The van der Waals surface area contributed by atoms with Crippen LogP contribution in [0.15, 0.2) is 47.4 Å². The standard InChI is InChI=1S/C18H18F3N3O5S/c1-29-14-4-2-3-13(11-14)22-7-9-23(10-8-22)16-6-5-15(12-17(16)24(25)26)30(27,28)18(19,20)21/h2-6,11-12H,7-10H2,1H3. The fourth-order valence-electron chi connectivity index (χ4n) is 3.23. The Bertz CT molecular complexity index is 1050. The zero-order valence-corrected chi connectivity index (χ0v) is 16.6. The molecule has 1 aliphatic heterocycles. The first kappa shape index (κ1) is 21.7. The third kappa shape index (κ3) is 4.13. The molecule has 0 aliphatic carbocycles. The van der Waals surface area contributed by atoms with Gasteiger partial charge in [0, 0.05) is 44.0 Å². The topological polar surface area (TPSA) is 93.0 Å². The number of anilines is 2. The van der Waals surface area contributed by atoms with Gasteiger partial charge in [-0.3, -0.25) is 10.1 Å². The van der Waals surface area contributed by atoms with Gasteiger partial charge in [0.1, 0.15) is 11.4 Å². The number of halogens is 3. The van der Waals surface area contributed by atoms with Gasteiger partial charge >= 0.3 is 5.51 Å². The van der Waals surface area contributed by atoms with Crippen molar-refractivity contribution in [1.29, 1.82) is 0 Å². The fourth-order valence-corrected chi connectivity index (χ4v) is 4.01.